The van der Waals surface area contributed by atoms with E-state index < -0.39 is 0 Å². The molecule has 0 bridgehead atoms. The second kappa shape index (κ2) is 6.43. The Hall–Kier alpha value is -1.69. The first kappa shape index (κ1) is 16.2. The highest BCUT2D eigenvalue weighted by molar-refractivity contribution is 5.77. The summed E-state index contributed by atoms with van der Waals surface area (Å²) in [6, 6.07) is 1.99. The van der Waals surface area contributed by atoms with Gasteiger partial charge >= 0.3 is 0 Å². The second-order valence-electron chi connectivity index (χ2n) is 7.01. The minimum atomic E-state index is 0.0335. The summed E-state index contributed by atoms with van der Waals surface area (Å²) in [5.74, 6) is 0.983. The van der Waals surface area contributed by atoms with Crippen molar-refractivity contribution in [3.8, 4) is 0 Å². The lowest BCUT2D eigenvalue weighted by Crippen LogP contribution is -2.54. The standard InChI is InChI=1S/C17H26N4O2/c1-13-10-14(2)19-16(18-13)21-7-3-5-17(12-21)6-4-15(23)20(11-17)8-9-22/h10,22H,3-9,11-12H2,1-2H3/t17-/m0/s1. The predicted molar refractivity (Wildman–Crippen MR) is 88.3 cm³/mol. The molecule has 6 nitrogen and oxygen atoms in total. The zero-order chi connectivity index (χ0) is 16.4. The maximum atomic E-state index is 12.0. The van der Waals surface area contributed by atoms with Gasteiger partial charge < -0.3 is 14.9 Å². The summed E-state index contributed by atoms with van der Waals surface area (Å²) in [5, 5.41) is 9.19. The van der Waals surface area contributed by atoms with Gasteiger partial charge in [0.2, 0.25) is 11.9 Å². The molecule has 0 aliphatic carbocycles. The quantitative estimate of drug-likeness (QED) is 0.909. The number of β-amino-alcohol motifs (C(OH)–C–C–N with tert-alkyl or cyclic N) is 1. The minimum absolute atomic E-state index is 0.0335. The fourth-order valence-electron chi connectivity index (χ4n) is 3.99. The van der Waals surface area contributed by atoms with E-state index in [1.807, 2.05) is 24.8 Å². The average molecular weight is 318 g/mol. The number of aromatic nitrogens is 2. The molecule has 2 aliphatic rings. The SMILES string of the molecule is Cc1cc(C)nc(N2CCC[C@@]3(CCC(=O)N(CCO)C3)C2)n1. The molecule has 3 heterocycles. The van der Waals surface area contributed by atoms with Crippen LogP contribution in [0.25, 0.3) is 0 Å². The van der Waals surface area contributed by atoms with E-state index in [1.165, 1.54) is 0 Å². The molecule has 2 saturated heterocycles. The van der Waals surface area contributed by atoms with Crippen LogP contribution in [0.1, 0.15) is 37.1 Å². The molecule has 23 heavy (non-hydrogen) atoms. The zero-order valence-corrected chi connectivity index (χ0v) is 14.1. The topological polar surface area (TPSA) is 69.6 Å². The maximum Gasteiger partial charge on any atom is 0.225 e. The molecule has 126 valence electrons. The minimum Gasteiger partial charge on any atom is -0.395 e. The fourth-order valence-corrected chi connectivity index (χ4v) is 3.99. The number of hydrogen-bond donors (Lipinski definition) is 1. The number of anilines is 1. The fraction of sp³-hybridized carbons (Fsp3) is 0.706. The van der Waals surface area contributed by atoms with Crippen LogP contribution in [0.5, 0.6) is 0 Å². The van der Waals surface area contributed by atoms with Gasteiger partial charge in [-0.25, -0.2) is 9.97 Å². The van der Waals surface area contributed by atoms with Crippen molar-refractivity contribution in [2.75, 3.05) is 37.7 Å². The number of piperidine rings is 2. The summed E-state index contributed by atoms with van der Waals surface area (Å²) >= 11 is 0. The van der Waals surface area contributed by atoms with Crippen molar-refractivity contribution in [1.29, 1.82) is 0 Å². The number of carbonyl (C=O) groups excluding carboxylic acids is 1. The Morgan fingerprint density at radius 3 is 2.65 bits per heavy atom. The van der Waals surface area contributed by atoms with Crippen molar-refractivity contribution < 1.29 is 9.90 Å². The summed E-state index contributed by atoms with van der Waals surface area (Å²) in [5.41, 5.74) is 2.10. The molecule has 0 saturated carbocycles. The van der Waals surface area contributed by atoms with E-state index >= 15 is 0 Å². The molecule has 3 rings (SSSR count). The number of hydrogen-bond acceptors (Lipinski definition) is 5. The Kier molecular flexibility index (Phi) is 4.53. The molecule has 2 aliphatic heterocycles. The number of nitrogens with zero attached hydrogens (tertiary/aromatic N) is 4. The summed E-state index contributed by atoms with van der Waals surface area (Å²) in [7, 11) is 0. The molecular formula is C17H26N4O2. The molecule has 0 aromatic carbocycles. The van der Waals surface area contributed by atoms with Crippen LogP contribution >= 0.6 is 0 Å². The van der Waals surface area contributed by atoms with E-state index in [4.69, 9.17) is 0 Å². The Balaban J connectivity index is 1.78. The number of amides is 1. The van der Waals surface area contributed by atoms with E-state index in [0.717, 1.165) is 56.2 Å². The van der Waals surface area contributed by atoms with Gasteiger partial charge in [0.05, 0.1) is 6.61 Å². The van der Waals surface area contributed by atoms with Crippen molar-refractivity contribution in [3.05, 3.63) is 17.5 Å². The van der Waals surface area contributed by atoms with Crippen LogP contribution in [0.3, 0.4) is 0 Å². The Morgan fingerprint density at radius 1 is 1.22 bits per heavy atom. The van der Waals surface area contributed by atoms with E-state index in [0.29, 0.717) is 13.0 Å². The van der Waals surface area contributed by atoms with Gasteiger partial charge in [0.15, 0.2) is 0 Å². The maximum absolute atomic E-state index is 12.0. The van der Waals surface area contributed by atoms with Crippen LogP contribution in [0, 0.1) is 19.3 Å². The Bertz CT molecular complexity index is 572. The molecule has 1 amide bonds. The first-order valence-corrected chi connectivity index (χ1v) is 8.47. The second-order valence-corrected chi connectivity index (χ2v) is 7.01. The predicted octanol–water partition coefficient (Wildman–Crippen LogP) is 1.29. The molecule has 1 atom stereocenters. The third-order valence-corrected chi connectivity index (χ3v) is 5.03. The smallest absolute Gasteiger partial charge is 0.225 e. The third kappa shape index (κ3) is 3.47. The van der Waals surface area contributed by atoms with Gasteiger partial charge in [-0.2, -0.15) is 0 Å². The lowest BCUT2D eigenvalue weighted by atomic mass is 9.73. The number of aliphatic hydroxyl groups excluding tert-OH is 1. The summed E-state index contributed by atoms with van der Waals surface area (Å²) in [6.07, 6.45) is 3.73. The molecule has 2 fully saturated rings. The number of likely N-dealkylation sites (tertiary alicyclic amines) is 1. The van der Waals surface area contributed by atoms with E-state index in [2.05, 4.69) is 14.9 Å². The number of carbonyl (C=O) groups is 1. The van der Waals surface area contributed by atoms with Crippen LogP contribution in [-0.4, -0.2) is 58.7 Å². The van der Waals surface area contributed by atoms with Crippen molar-refractivity contribution in [2.45, 2.75) is 39.5 Å². The average Bonchev–Trinajstić information content (AvgIpc) is 2.51. The summed E-state index contributed by atoms with van der Waals surface area (Å²) < 4.78 is 0. The molecular weight excluding hydrogens is 292 g/mol. The van der Waals surface area contributed by atoms with Crippen molar-refractivity contribution in [2.24, 2.45) is 5.41 Å². The first-order chi connectivity index (χ1) is 11.0. The van der Waals surface area contributed by atoms with Crippen LogP contribution in [0.2, 0.25) is 0 Å². The lowest BCUT2D eigenvalue weighted by molar-refractivity contribution is -0.138. The third-order valence-electron chi connectivity index (χ3n) is 5.03. The first-order valence-electron chi connectivity index (χ1n) is 8.47. The molecule has 6 heteroatoms. The van der Waals surface area contributed by atoms with Gasteiger partial charge in [-0.3, -0.25) is 4.79 Å². The van der Waals surface area contributed by atoms with Gasteiger partial charge in [-0.1, -0.05) is 0 Å². The Labute approximate surface area is 137 Å². The highest BCUT2D eigenvalue weighted by atomic mass is 16.3. The zero-order valence-electron chi connectivity index (χ0n) is 14.1. The van der Waals surface area contributed by atoms with Crippen molar-refractivity contribution >= 4 is 11.9 Å². The lowest BCUT2D eigenvalue weighted by Gasteiger charge is -2.48. The molecule has 1 N–H and O–H groups in total. The molecule has 0 radical (unpaired) electrons. The Morgan fingerprint density at radius 2 is 1.96 bits per heavy atom. The molecule has 0 unspecified atom stereocenters. The van der Waals surface area contributed by atoms with E-state index in [-0.39, 0.29) is 17.9 Å². The molecule has 1 aromatic heterocycles. The van der Waals surface area contributed by atoms with E-state index in [1.54, 1.807) is 0 Å². The summed E-state index contributed by atoms with van der Waals surface area (Å²) in [6.45, 7) is 7.09. The molecule has 1 aromatic rings. The van der Waals surface area contributed by atoms with Gasteiger partial charge in [-0.05, 0) is 39.2 Å². The van der Waals surface area contributed by atoms with Crippen LogP contribution in [0.15, 0.2) is 6.07 Å². The van der Waals surface area contributed by atoms with Crippen LogP contribution in [-0.2, 0) is 4.79 Å². The number of aryl methyl sites for hydroxylation is 2. The van der Waals surface area contributed by atoms with Gasteiger partial charge in [-0.15, -0.1) is 0 Å². The van der Waals surface area contributed by atoms with E-state index in [9.17, 15) is 9.90 Å². The molecule has 1 spiro atoms. The largest absolute Gasteiger partial charge is 0.395 e. The van der Waals surface area contributed by atoms with Crippen molar-refractivity contribution in [1.82, 2.24) is 14.9 Å². The van der Waals surface area contributed by atoms with Gasteiger partial charge in [0.25, 0.3) is 0 Å². The van der Waals surface area contributed by atoms with Gasteiger partial charge in [0, 0.05) is 49.4 Å². The monoisotopic (exact) mass is 318 g/mol. The summed E-state index contributed by atoms with van der Waals surface area (Å²) in [4.78, 5) is 25.3. The normalized spacial score (nSPS) is 25.3. The number of rotatable bonds is 3. The van der Waals surface area contributed by atoms with Crippen LogP contribution < -0.4 is 4.90 Å². The number of aliphatic hydroxyl groups is 1. The van der Waals surface area contributed by atoms with Gasteiger partial charge in [0.1, 0.15) is 0 Å². The highest BCUT2D eigenvalue weighted by Gasteiger charge is 2.42. The highest BCUT2D eigenvalue weighted by Crippen LogP contribution is 2.39. The van der Waals surface area contributed by atoms with Crippen molar-refractivity contribution in [3.63, 3.8) is 0 Å². The van der Waals surface area contributed by atoms with Crippen LogP contribution in [0.4, 0.5) is 5.95 Å².